The fourth-order valence-electron chi connectivity index (χ4n) is 4.06. The maximum absolute atomic E-state index is 13.1. The number of aromatic hydroxyl groups is 1. The Morgan fingerprint density at radius 2 is 1.85 bits per heavy atom. The topological polar surface area (TPSA) is 70.9 Å². The minimum Gasteiger partial charge on any atom is -0.479 e. The van der Waals surface area contributed by atoms with E-state index in [4.69, 9.17) is 11.6 Å². The minimum absolute atomic E-state index is 0.142. The molecule has 2 N–H and O–H groups in total. The van der Waals surface area contributed by atoms with E-state index in [1.54, 1.807) is 18.2 Å². The number of benzene rings is 2. The molecule has 2 aromatic carbocycles. The lowest BCUT2D eigenvalue weighted by molar-refractivity contribution is -0.175. The van der Waals surface area contributed by atoms with E-state index in [0.29, 0.717) is 27.9 Å². The zero-order valence-electron chi connectivity index (χ0n) is 18.3. The molecule has 3 aromatic rings. The molecular formula is C25H22ClF3N4O. The molecule has 34 heavy (non-hydrogen) atoms. The number of nitrogens with zero attached hydrogens (tertiary/aromatic N) is 3. The maximum atomic E-state index is 13.1. The second-order valence-corrected chi connectivity index (χ2v) is 9.37. The van der Waals surface area contributed by atoms with Gasteiger partial charge in [0, 0.05) is 23.4 Å². The van der Waals surface area contributed by atoms with Crippen molar-refractivity contribution in [3.05, 3.63) is 70.4 Å². The summed E-state index contributed by atoms with van der Waals surface area (Å²) in [5.74, 6) is 1.05. The van der Waals surface area contributed by atoms with Gasteiger partial charge < -0.3 is 10.4 Å². The van der Waals surface area contributed by atoms with Crippen LogP contribution >= 0.6 is 11.6 Å². The van der Waals surface area contributed by atoms with E-state index in [9.17, 15) is 18.3 Å². The van der Waals surface area contributed by atoms with Crippen molar-refractivity contribution in [2.45, 2.75) is 44.8 Å². The Morgan fingerprint density at radius 3 is 2.53 bits per heavy atom. The molecule has 0 bridgehead atoms. The van der Waals surface area contributed by atoms with Crippen molar-refractivity contribution in [2.75, 3.05) is 0 Å². The van der Waals surface area contributed by atoms with Crippen LogP contribution in [0.2, 0.25) is 5.02 Å². The highest BCUT2D eigenvalue weighted by Gasteiger charge is 2.60. The summed E-state index contributed by atoms with van der Waals surface area (Å²) >= 11 is 6.39. The molecule has 0 saturated heterocycles. The summed E-state index contributed by atoms with van der Waals surface area (Å²) in [6.45, 7) is 1.31. The predicted octanol–water partition coefficient (Wildman–Crippen LogP) is 6.39. The highest BCUT2D eigenvalue weighted by atomic mass is 35.5. The molecule has 1 unspecified atom stereocenters. The van der Waals surface area contributed by atoms with Crippen LogP contribution < -0.4 is 5.32 Å². The molecule has 5 rings (SSSR count). The van der Waals surface area contributed by atoms with E-state index >= 15 is 0 Å². The van der Waals surface area contributed by atoms with Crippen LogP contribution in [0.15, 0.2) is 54.2 Å². The summed E-state index contributed by atoms with van der Waals surface area (Å²) in [6, 6.07) is 12.6. The van der Waals surface area contributed by atoms with Crippen molar-refractivity contribution in [3.8, 4) is 28.8 Å². The lowest BCUT2D eigenvalue weighted by atomic mass is 9.80. The van der Waals surface area contributed by atoms with Gasteiger partial charge in [-0.05, 0) is 61.1 Å². The Morgan fingerprint density at radius 1 is 1.09 bits per heavy atom. The summed E-state index contributed by atoms with van der Waals surface area (Å²) in [4.78, 5) is 12.7. The summed E-state index contributed by atoms with van der Waals surface area (Å²) in [5.41, 5.74) is 1.39. The largest absolute Gasteiger partial charge is 0.479 e. The van der Waals surface area contributed by atoms with Crippen LogP contribution in [0.3, 0.4) is 0 Å². The number of aromatic nitrogens is 3. The van der Waals surface area contributed by atoms with Crippen LogP contribution in [0.1, 0.15) is 43.2 Å². The molecular weight excluding hydrogens is 465 g/mol. The van der Waals surface area contributed by atoms with Crippen molar-refractivity contribution in [3.63, 3.8) is 0 Å². The molecule has 0 aliphatic heterocycles. The number of allylic oxidation sites excluding steroid dienone is 2. The lowest BCUT2D eigenvalue weighted by Gasteiger charge is -2.26. The quantitative estimate of drug-likeness (QED) is 0.422. The van der Waals surface area contributed by atoms with Crippen molar-refractivity contribution in [1.82, 2.24) is 20.3 Å². The van der Waals surface area contributed by atoms with Gasteiger partial charge in [-0.1, -0.05) is 42.3 Å². The average molecular weight is 487 g/mol. The van der Waals surface area contributed by atoms with E-state index < -0.39 is 17.6 Å². The fourth-order valence-corrected chi connectivity index (χ4v) is 4.26. The van der Waals surface area contributed by atoms with Crippen molar-refractivity contribution >= 4 is 11.6 Å². The maximum Gasteiger partial charge on any atom is 0.403 e. The molecule has 5 nitrogen and oxygen atoms in total. The number of hydrogen-bond acceptors (Lipinski definition) is 5. The third kappa shape index (κ3) is 4.22. The van der Waals surface area contributed by atoms with Crippen LogP contribution in [0, 0.1) is 5.41 Å². The van der Waals surface area contributed by atoms with Crippen LogP contribution in [0.5, 0.6) is 6.01 Å². The van der Waals surface area contributed by atoms with Crippen molar-refractivity contribution in [1.29, 1.82) is 0 Å². The number of halogens is 4. The zero-order valence-corrected chi connectivity index (χ0v) is 19.1. The first-order valence-electron chi connectivity index (χ1n) is 11.0. The summed E-state index contributed by atoms with van der Waals surface area (Å²) in [7, 11) is 0. The molecule has 1 atom stereocenters. The minimum atomic E-state index is -4.32. The second-order valence-electron chi connectivity index (χ2n) is 8.96. The summed E-state index contributed by atoms with van der Waals surface area (Å²) in [6.07, 6.45) is 0.383. The smallest absolute Gasteiger partial charge is 0.403 e. The summed E-state index contributed by atoms with van der Waals surface area (Å²) < 4.78 is 39.3. The number of rotatable bonds is 6. The molecule has 1 aromatic heterocycles. The Balaban J connectivity index is 1.40. The van der Waals surface area contributed by atoms with Crippen LogP contribution in [-0.4, -0.2) is 26.2 Å². The first-order chi connectivity index (χ1) is 16.1. The molecule has 9 heteroatoms. The number of nitrogens with one attached hydrogen (secondary N) is 1. The average Bonchev–Trinajstić information content (AvgIpc) is 3.43. The van der Waals surface area contributed by atoms with E-state index in [2.05, 4.69) is 26.3 Å². The van der Waals surface area contributed by atoms with Gasteiger partial charge in [0.05, 0.1) is 5.02 Å². The van der Waals surface area contributed by atoms with Crippen molar-refractivity contribution in [2.24, 2.45) is 5.41 Å². The molecule has 0 amide bonds. The normalized spacial score (nSPS) is 20.0. The van der Waals surface area contributed by atoms with Gasteiger partial charge in [0.15, 0.2) is 11.6 Å². The van der Waals surface area contributed by atoms with Crippen molar-refractivity contribution < 1.29 is 18.3 Å². The van der Waals surface area contributed by atoms with Gasteiger partial charge in [-0.3, -0.25) is 0 Å². The standard InChI is InChI=1S/C25H22ClF3N4O/c1-24(25(27,28)29)12-20(24)30-13-14-8-9-19(26)18(10-14)22-31-21(32-23(34)33-22)17-7-3-6-16(11-17)15-4-2-5-15/h3,6-12,15,30H,2,4-5,13H2,1H3,(H,31,32,33,34). The third-order valence-corrected chi connectivity index (χ3v) is 6.93. The van der Waals surface area contributed by atoms with Crippen LogP contribution in [0.4, 0.5) is 13.2 Å². The van der Waals surface area contributed by atoms with E-state index in [1.807, 2.05) is 18.2 Å². The number of hydrogen-bond donors (Lipinski definition) is 2. The zero-order chi connectivity index (χ0) is 24.1. The molecule has 176 valence electrons. The predicted molar refractivity (Wildman–Crippen MR) is 123 cm³/mol. The SMILES string of the molecule is CC1(C(F)(F)F)C=C1NCc1ccc(Cl)c(-c2nc(O)nc(-c3cccc(C4CCC4)c3)n2)c1. The second kappa shape index (κ2) is 8.27. The third-order valence-electron chi connectivity index (χ3n) is 6.60. The Hall–Kier alpha value is -3.13. The van der Waals surface area contributed by atoms with E-state index in [0.717, 1.165) is 31.4 Å². The number of alkyl halides is 3. The Kier molecular flexibility index (Phi) is 5.51. The first-order valence-corrected chi connectivity index (χ1v) is 11.4. The van der Waals surface area contributed by atoms with Gasteiger partial charge in [0.1, 0.15) is 5.41 Å². The highest BCUT2D eigenvalue weighted by Crippen LogP contribution is 2.54. The molecule has 1 heterocycles. The fraction of sp³-hybridized carbons (Fsp3) is 0.320. The monoisotopic (exact) mass is 486 g/mol. The van der Waals surface area contributed by atoms with Gasteiger partial charge in [-0.25, -0.2) is 4.98 Å². The molecule has 0 radical (unpaired) electrons. The molecule has 0 spiro atoms. The Bertz CT molecular complexity index is 1290. The van der Waals surface area contributed by atoms with Gasteiger partial charge in [0.25, 0.3) is 0 Å². The van der Waals surface area contributed by atoms with Crippen LogP contribution in [-0.2, 0) is 6.54 Å². The van der Waals surface area contributed by atoms with Gasteiger partial charge in [0.2, 0.25) is 0 Å². The van der Waals surface area contributed by atoms with Gasteiger partial charge in [-0.15, -0.1) is 0 Å². The first kappa shape index (κ1) is 22.7. The van der Waals surface area contributed by atoms with Gasteiger partial charge in [-0.2, -0.15) is 23.1 Å². The van der Waals surface area contributed by atoms with E-state index in [1.165, 1.54) is 12.0 Å². The molecule has 1 saturated carbocycles. The Labute approximate surface area is 199 Å². The molecule has 1 fully saturated rings. The van der Waals surface area contributed by atoms with Gasteiger partial charge >= 0.3 is 12.2 Å². The molecule has 2 aliphatic carbocycles. The van der Waals surface area contributed by atoms with E-state index in [-0.39, 0.29) is 18.1 Å². The molecule has 2 aliphatic rings. The summed E-state index contributed by atoms with van der Waals surface area (Å²) in [5, 5.41) is 13.4. The van der Waals surface area contributed by atoms with Crippen LogP contribution in [0.25, 0.3) is 22.8 Å². The lowest BCUT2D eigenvalue weighted by Crippen LogP contribution is -2.28. The highest BCUT2D eigenvalue weighted by molar-refractivity contribution is 6.33.